The molecule has 0 saturated carbocycles. The predicted octanol–water partition coefficient (Wildman–Crippen LogP) is 3.04. The zero-order valence-corrected chi connectivity index (χ0v) is 15.1. The molecular weight excluding hydrogens is 336 g/mol. The topological polar surface area (TPSA) is 66.5 Å². The molecule has 3 rings (SSSR count). The molecule has 1 amide bonds. The largest absolute Gasteiger partial charge is 0.322 e. The van der Waals surface area contributed by atoms with Crippen molar-refractivity contribution in [3.05, 3.63) is 65.2 Å². The van der Waals surface area contributed by atoms with Crippen LogP contribution in [-0.2, 0) is 23.0 Å². The average molecular weight is 358 g/mol. The third-order valence-electron chi connectivity index (χ3n) is 4.33. The monoisotopic (exact) mass is 358 g/mol. The number of carbonyl (C=O) groups excluding carboxylic acids is 1. The maximum atomic E-state index is 12.3. The van der Waals surface area contributed by atoms with Gasteiger partial charge in [-0.15, -0.1) is 0 Å². The first-order valence-corrected chi connectivity index (χ1v) is 10.1. The van der Waals surface area contributed by atoms with Gasteiger partial charge in [0.2, 0.25) is 10.0 Å². The van der Waals surface area contributed by atoms with Crippen molar-refractivity contribution in [2.24, 2.45) is 0 Å². The Bertz CT molecular complexity index is 863. The molecule has 0 fully saturated rings. The molecule has 5 nitrogen and oxygen atoms in total. The quantitative estimate of drug-likeness (QED) is 0.893. The molecule has 2 aromatic rings. The van der Waals surface area contributed by atoms with Gasteiger partial charge in [-0.3, -0.25) is 4.79 Å². The molecule has 0 unspecified atom stereocenters. The Balaban J connectivity index is 1.77. The van der Waals surface area contributed by atoms with Crippen molar-refractivity contribution in [1.82, 2.24) is 4.31 Å². The summed E-state index contributed by atoms with van der Waals surface area (Å²) < 4.78 is 26.1. The van der Waals surface area contributed by atoms with Crippen LogP contribution in [0.4, 0.5) is 5.69 Å². The zero-order valence-electron chi connectivity index (χ0n) is 14.2. The molecule has 0 bridgehead atoms. The average Bonchev–Trinajstić information content (AvgIpc) is 2.62. The summed E-state index contributed by atoms with van der Waals surface area (Å²) in [5.74, 6) is -0.000861. The molecule has 0 saturated heterocycles. The molecule has 0 aromatic heterocycles. The number of anilines is 1. The van der Waals surface area contributed by atoms with Crippen LogP contribution in [0.3, 0.4) is 0 Å². The van der Waals surface area contributed by atoms with E-state index in [1.54, 1.807) is 16.4 Å². The highest BCUT2D eigenvalue weighted by Crippen LogP contribution is 2.25. The molecule has 25 heavy (non-hydrogen) atoms. The van der Waals surface area contributed by atoms with Crippen molar-refractivity contribution < 1.29 is 13.2 Å². The van der Waals surface area contributed by atoms with Crippen molar-refractivity contribution in [3.63, 3.8) is 0 Å². The third-order valence-corrected chi connectivity index (χ3v) is 6.36. The summed E-state index contributed by atoms with van der Waals surface area (Å²) in [7, 11) is -3.21. The van der Waals surface area contributed by atoms with Gasteiger partial charge in [0, 0.05) is 24.3 Å². The van der Waals surface area contributed by atoms with Crippen LogP contribution in [-0.4, -0.2) is 30.9 Å². The molecule has 132 valence electrons. The van der Waals surface area contributed by atoms with Gasteiger partial charge in [-0.05, 0) is 48.2 Å². The van der Waals surface area contributed by atoms with E-state index in [2.05, 4.69) is 5.32 Å². The molecule has 0 aliphatic carbocycles. The second kappa shape index (κ2) is 7.37. The molecule has 6 heteroatoms. The van der Waals surface area contributed by atoms with Gasteiger partial charge in [0.05, 0.1) is 5.75 Å². The van der Waals surface area contributed by atoms with E-state index in [1.807, 2.05) is 43.3 Å². The van der Waals surface area contributed by atoms with E-state index in [9.17, 15) is 13.2 Å². The van der Waals surface area contributed by atoms with Crippen LogP contribution in [0.2, 0.25) is 0 Å². The van der Waals surface area contributed by atoms with E-state index in [0.717, 1.165) is 11.1 Å². The Morgan fingerprint density at radius 2 is 1.88 bits per heavy atom. The predicted molar refractivity (Wildman–Crippen MR) is 99.0 cm³/mol. The molecule has 0 spiro atoms. The van der Waals surface area contributed by atoms with Gasteiger partial charge in [0.1, 0.15) is 0 Å². The summed E-state index contributed by atoms with van der Waals surface area (Å²) in [6.07, 6.45) is 1.31. The first kappa shape index (κ1) is 17.6. The number of benzene rings is 2. The molecule has 1 aliphatic heterocycles. The fraction of sp³-hybridized carbons (Fsp3) is 0.316. The van der Waals surface area contributed by atoms with E-state index >= 15 is 0 Å². The number of rotatable bonds is 5. The fourth-order valence-corrected chi connectivity index (χ4v) is 4.51. The van der Waals surface area contributed by atoms with Crippen LogP contribution in [0.5, 0.6) is 0 Å². The Morgan fingerprint density at radius 1 is 1.12 bits per heavy atom. The summed E-state index contributed by atoms with van der Waals surface area (Å²) in [4.78, 5) is 12.3. The second-order valence-corrected chi connectivity index (χ2v) is 8.29. The maximum absolute atomic E-state index is 12.3. The molecule has 0 radical (unpaired) electrons. The Hall–Kier alpha value is -2.18. The number of hydrogen-bond donors (Lipinski definition) is 1. The van der Waals surface area contributed by atoms with E-state index in [4.69, 9.17) is 0 Å². The Labute approximate surface area is 148 Å². The second-order valence-electron chi connectivity index (χ2n) is 6.20. The highest BCUT2D eigenvalue weighted by Gasteiger charge is 2.26. The molecule has 2 aromatic carbocycles. The summed E-state index contributed by atoms with van der Waals surface area (Å²) in [6, 6.07) is 14.7. The smallest absolute Gasteiger partial charge is 0.255 e. The van der Waals surface area contributed by atoms with Crippen molar-refractivity contribution in [2.45, 2.75) is 26.3 Å². The number of hydrogen-bond acceptors (Lipinski definition) is 3. The standard InChI is InChI=1S/C19H22N2O3S/c1-2-12-25(23,24)21-11-10-15-8-9-18(13-17(15)14-21)20-19(22)16-6-4-3-5-7-16/h3-9,13H,2,10-12,14H2,1H3,(H,20,22). The lowest BCUT2D eigenvalue weighted by molar-refractivity contribution is 0.102. The van der Waals surface area contributed by atoms with Crippen molar-refractivity contribution >= 4 is 21.6 Å². The van der Waals surface area contributed by atoms with E-state index in [-0.39, 0.29) is 11.7 Å². The molecule has 1 heterocycles. The summed E-state index contributed by atoms with van der Waals surface area (Å²) >= 11 is 0. The normalized spacial score (nSPS) is 14.8. The number of amides is 1. The van der Waals surface area contributed by atoms with Gasteiger partial charge in [-0.1, -0.05) is 31.2 Å². The number of fused-ring (bicyclic) bond motifs is 1. The third kappa shape index (κ3) is 4.08. The van der Waals surface area contributed by atoms with Crippen molar-refractivity contribution in [1.29, 1.82) is 0 Å². The summed E-state index contributed by atoms with van der Waals surface area (Å²) in [6.45, 7) is 2.75. The van der Waals surface area contributed by atoms with Gasteiger partial charge in [0.25, 0.3) is 5.91 Å². The highest BCUT2D eigenvalue weighted by molar-refractivity contribution is 7.89. The van der Waals surface area contributed by atoms with Crippen LogP contribution in [0.25, 0.3) is 0 Å². The van der Waals surface area contributed by atoms with Gasteiger partial charge < -0.3 is 5.32 Å². The summed E-state index contributed by atoms with van der Waals surface area (Å²) in [5, 5.41) is 2.88. The molecule has 1 N–H and O–H groups in total. The minimum atomic E-state index is -3.21. The minimum absolute atomic E-state index is 0.173. The fourth-order valence-electron chi connectivity index (χ4n) is 3.03. The van der Waals surface area contributed by atoms with Crippen LogP contribution in [0.15, 0.2) is 48.5 Å². The summed E-state index contributed by atoms with van der Waals surface area (Å²) in [5.41, 5.74) is 3.37. The van der Waals surface area contributed by atoms with Crippen LogP contribution < -0.4 is 5.32 Å². The van der Waals surface area contributed by atoms with E-state index in [1.165, 1.54) is 0 Å². The van der Waals surface area contributed by atoms with Gasteiger partial charge in [0.15, 0.2) is 0 Å². The van der Waals surface area contributed by atoms with Gasteiger partial charge in [-0.25, -0.2) is 8.42 Å². The number of nitrogens with one attached hydrogen (secondary N) is 1. The highest BCUT2D eigenvalue weighted by atomic mass is 32.2. The first-order chi connectivity index (χ1) is 12.0. The van der Waals surface area contributed by atoms with E-state index in [0.29, 0.717) is 37.2 Å². The first-order valence-electron chi connectivity index (χ1n) is 8.45. The lowest BCUT2D eigenvalue weighted by Gasteiger charge is -2.28. The number of carbonyl (C=O) groups is 1. The van der Waals surface area contributed by atoms with Crippen molar-refractivity contribution in [3.8, 4) is 0 Å². The molecular formula is C19H22N2O3S. The lowest BCUT2D eigenvalue weighted by Crippen LogP contribution is -2.37. The van der Waals surface area contributed by atoms with Crippen molar-refractivity contribution in [2.75, 3.05) is 17.6 Å². The van der Waals surface area contributed by atoms with Crippen LogP contribution in [0.1, 0.15) is 34.8 Å². The maximum Gasteiger partial charge on any atom is 0.255 e. The minimum Gasteiger partial charge on any atom is -0.322 e. The Morgan fingerprint density at radius 3 is 2.60 bits per heavy atom. The number of sulfonamides is 1. The van der Waals surface area contributed by atoms with E-state index < -0.39 is 10.0 Å². The molecule has 0 atom stereocenters. The lowest BCUT2D eigenvalue weighted by atomic mass is 10.0. The van der Waals surface area contributed by atoms with Gasteiger partial charge >= 0.3 is 0 Å². The van der Waals surface area contributed by atoms with Gasteiger partial charge in [-0.2, -0.15) is 4.31 Å². The van der Waals surface area contributed by atoms with Crippen LogP contribution >= 0.6 is 0 Å². The number of nitrogens with zero attached hydrogens (tertiary/aromatic N) is 1. The molecule has 1 aliphatic rings. The zero-order chi connectivity index (χ0) is 17.9. The SMILES string of the molecule is CCCS(=O)(=O)N1CCc2ccc(NC(=O)c3ccccc3)cc2C1. The Kier molecular flexibility index (Phi) is 5.20. The van der Waals surface area contributed by atoms with Crippen LogP contribution in [0, 0.1) is 0 Å².